The van der Waals surface area contributed by atoms with Crippen LogP contribution in [0.1, 0.15) is 24.2 Å². The Labute approximate surface area is 112 Å². The third-order valence-electron chi connectivity index (χ3n) is 3.33. The molecule has 3 heteroatoms. The van der Waals surface area contributed by atoms with Crippen molar-refractivity contribution in [2.24, 2.45) is 0 Å². The number of hydrogen-bond acceptors (Lipinski definition) is 2. The fourth-order valence-electron chi connectivity index (χ4n) is 2.27. The highest BCUT2D eigenvalue weighted by Crippen LogP contribution is 2.22. The number of fused-ring (bicyclic) bond motifs is 1. The van der Waals surface area contributed by atoms with Crippen LogP contribution in [0.3, 0.4) is 0 Å². The fourth-order valence-corrected chi connectivity index (χ4v) is 2.27. The zero-order valence-corrected chi connectivity index (χ0v) is 11.0. The van der Waals surface area contributed by atoms with Gasteiger partial charge in [-0.3, -0.25) is 4.57 Å². The minimum Gasteiger partial charge on any atom is -0.389 e. The van der Waals surface area contributed by atoms with E-state index >= 15 is 0 Å². The average molecular weight is 252 g/mol. The molecular weight excluding hydrogens is 236 g/mol. The maximum Gasteiger partial charge on any atom is 0.100 e. The van der Waals surface area contributed by atoms with Crippen LogP contribution in [0.25, 0.3) is 16.7 Å². The molecule has 0 aliphatic carbocycles. The molecule has 3 aromatic rings. The normalized spacial score (nSPS) is 12.8. The smallest absolute Gasteiger partial charge is 0.100 e. The van der Waals surface area contributed by atoms with E-state index in [1.165, 1.54) is 5.56 Å². The summed E-state index contributed by atoms with van der Waals surface area (Å²) in [4.78, 5) is 4.42. The first-order valence-corrected chi connectivity index (χ1v) is 6.37. The Hall–Kier alpha value is -2.13. The molecule has 0 radical (unpaired) electrons. The molecule has 1 aromatic heterocycles. The van der Waals surface area contributed by atoms with Crippen molar-refractivity contribution in [3.05, 3.63) is 59.9 Å². The highest BCUT2D eigenvalue weighted by molar-refractivity contribution is 5.78. The van der Waals surface area contributed by atoms with Crippen LogP contribution in [0.15, 0.2) is 48.8 Å². The Morgan fingerprint density at radius 3 is 2.74 bits per heavy atom. The van der Waals surface area contributed by atoms with Gasteiger partial charge in [0.25, 0.3) is 0 Å². The highest BCUT2D eigenvalue weighted by Gasteiger charge is 2.07. The summed E-state index contributed by atoms with van der Waals surface area (Å²) < 4.78 is 2.06. The van der Waals surface area contributed by atoms with Gasteiger partial charge in [0, 0.05) is 5.69 Å². The van der Waals surface area contributed by atoms with Crippen LogP contribution in [0.5, 0.6) is 0 Å². The van der Waals surface area contributed by atoms with Gasteiger partial charge < -0.3 is 5.11 Å². The van der Waals surface area contributed by atoms with E-state index in [0.29, 0.717) is 0 Å². The summed E-state index contributed by atoms with van der Waals surface area (Å²) in [6.45, 7) is 3.84. The van der Waals surface area contributed by atoms with Crippen LogP contribution in [0.2, 0.25) is 0 Å². The van der Waals surface area contributed by atoms with Crippen LogP contribution in [0.4, 0.5) is 0 Å². The Kier molecular flexibility index (Phi) is 2.84. The van der Waals surface area contributed by atoms with Crippen molar-refractivity contribution in [3.63, 3.8) is 0 Å². The molecule has 19 heavy (non-hydrogen) atoms. The second kappa shape index (κ2) is 4.52. The van der Waals surface area contributed by atoms with Crippen LogP contribution in [-0.2, 0) is 0 Å². The summed E-state index contributed by atoms with van der Waals surface area (Å²) in [6.07, 6.45) is 1.36. The second-order valence-electron chi connectivity index (χ2n) is 4.88. The van der Waals surface area contributed by atoms with Crippen molar-refractivity contribution in [3.8, 4) is 5.69 Å². The predicted molar refractivity (Wildman–Crippen MR) is 76.4 cm³/mol. The van der Waals surface area contributed by atoms with Gasteiger partial charge in [0.15, 0.2) is 0 Å². The van der Waals surface area contributed by atoms with E-state index in [4.69, 9.17) is 0 Å². The molecule has 0 aliphatic heterocycles. The van der Waals surface area contributed by atoms with Gasteiger partial charge in [-0.05, 0) is 49.2 Å². The standard InChI is InChI=1S/C16H16N2O/c1-11-4-3-5-14(8-11)18-10-17-15-9-13(12(2)19)6-7-16(15)18/h3-10,12,19H,1-2H3. The third kappa shape index (κ3) is 2.13. The van der Waals surface area contributed by atoms with Gasteiger partial charge in [-0.1, -0.05) is 18.2 Å². The van der Waals surface area contributed by atoms with Crippen molar-refractivity contribution >= 4 is 11.0 Å². The van der Waals surface area contributed by atoms with Crippen LogP contribution >= 0.6 is 0 Å². The number of aryl methyl sites for hydroxylation is 1. The first-order chi connectivity index (χ1) is 9.15. The van der Waals surface area contributed by atoms with E-state index in [0.717, 1.165) is 22.3 Å². The number of rotatable bonds is 2. The number of aliphatic hydroxyl groups excluding tert-OH is 1. The molecule has 0 saturated heterocycles. The van der Waals surface area contributed by atoms with Crippen LogP contribution < -0.4 is 0 Å². The van der Waals surface area contributed by atoms with E-state index in [2.05, 4.69) is 34.7 Å². The number of benzene rings is 2. The topological polar surface area (TPSA) is 38.0 Å². The molecule has 3 rings (SSSR count). The molecule has 1 heterocycles. The minimum atomic E-state index is -0.464. The molecule has 1 unspecified atom stereocenters. The second-order valence-corrected chi connectivity index (χ2v) is 4.88. The molecule has 0 aliphatic rings. The van der Waals surface area contributed by atoms with Crippen molar-refractivity contribution in [1.29, 1.82) is 0 Å². The summed E-state index contributed by atoms with van der Waals surface area (Å²) in [5, 5.41) is 9.61. The SMILES string of the molecule is Cc1cccc(-n2cnc3cc(C(C)O)ccc32)c1. The molecular formula is C16H16N2O. The van der Waals surface area contributed by atoms with Gasteiger partial charge in [-0.25, -0.2) is 4.98 Å². The zero-order valence-electron chi connectivity index (χ0n) is 11.0. The molecule has 0 fully saturated rings. The summed E-state index contributed by atoms with van der Waals surface area (Å²) in [7, 11) is 0. The predicted octanol–water partition coefficient (Wildman–Crippen LogP) is 3.39. The molecule has 0 amide bonds. The van der Waals surface area contributed by atoms with Crippen LogP contribution in [-0.4, -0.2) is 14.7 Å². The van der Waals surface area contributed by atoms with E-state index in [1.807, 2.05) is 30.6 Å². The number of aromatic nitrogens is 2. The van der Waals surface area contributed by atoms with Crippen molar-refractivity contribution in [2.45, 2.75) is 20.0 Å². The fraction of sp³-hybridized carbons (Fsp3) is 0.188. The molecule has 1 N–H and O–H groups in total. The Morgan fingerprint density at radius 2 is 2.00 bits per heavy atom. The van der Waals surface area contributed by atoms with Crippen molar-refractivity contribution < 1.29 is 5.11 Å². The zero-order chi connectivity index (χ0) is 13.4. The Balaban J connectivity index is 2.16. The van der Waals surface area contributed by atoms with Gasteiger partial charge in [0.05, 0.1) is 17.1 Å². The first-order valence-electron chi connectivity index (χ1n) is 6.37. The summed E-state index contributed by atoms with van der Waals surface area (Å²) in [5.74, 6) is 0. The van der Waals surface area contributed by atoms with Crippen molar-refractivity contribution in [1.82, 2.24) is 9.55 Å². The molecule has 2 aromatic carbocycles. The monoisotopic (exact) mass is 252 g/mol. The van der Waals surface area contributed by atoms with Gasteiger partial charge in [-0.15, -0.1) is 0 Å². The van der Waals surface area contributed by atoms with E-state index in [-0.39, 0.29) is 0 Å². The molecule has 3 nitrogen and oxygen atoms in total. The third-order valence-corrected chi connectivity index (χ3v) is 3.33. The van der Waals surface area contributed by atoms with E-state index in [1.54, 1.807) is 6.92 Å². The minimum absolute atomic E-state index is 0.464. The highest BCUT2D eigenvalue weighted by atomic mass is 16.3. The number of aliphatic hydroxyl groups is 1. The molecule has 96 valence electrons. The van der Waals surface area contributed by atoms with E-state index in [9.17, 15) is 5.11 Å². The van der Waals surface area contributed by atoms with Gasteiger partial charge in [-0.2, -0.15) is 0 Å². The molecule has 0 bridgehead atoms. The molecule has 0 saturated carbocycles. The number of imidazole rings is 1. The van der Waals surface area contributed by atoms with Gasteiger partial charge in [0.1, 0.15) is 6.33 Å². The summed E-state index contributed by atoms with van der Waals surface area (Å²) >= 11 is 0. The maximum absolute atomic E-state index is 9.61. The lowest BCUT2D eigenvalue weighted by atomic mass is 10.1. The maximum atomic E-state index is 9.61. The largest absolute Gasteiger partial charge is 0.389 e. The number of nitrogens with zero attached hydrogens (tertiary/aromatic N) is 2. The molecule has 1 atom stereocenters. The average Bonchev–Trinajstić information content (AvgIpc) is 2.81. The number of hydrogen-bond donors (Lipinski definition) is 1. The van der Waals surface area contributed by atoms with Crippen LogP contribution in [0, 0.1) is 6.92 Å². The lowest BCUT2D eigenvalue weighted by Crippen LogP contribution is -1.93. The summed E-state index contributed by atoms with van der Waals surface area (Å²) in [6, 6.07) is 14.2. The van der Waals surface area contributed by atoms with Crippen molar-refractivity contribution in [2.75, 3.05) is 0 Å². The van der Waals surface area contributed by atoms with Gasteiger partial charge >= 0.3 is 0 Å². The quantitative estimate of drug-likeness (QED) is 0.759. The Bertz CT molecular complexity index is 728. The van der Waals surface area contributed by atoms with E-state index < -0.39 is 6.10 Å². The summed E-state index contributed by atoms with van der Waals surface area (Å²) in [5.41, 5.74) is 5.17. The first kappa shape index (κ1) is 11.9. The molecule has 0 spiro atoms. The Morgan fingerprint density at radius 1 is 1.16 bits per heavy atom. The lowest BCUT2D eigenvalue weighted by Gasteiger charge is -2.07. The van der Waals surface area contributed by atoms with Gasteiger partial charge in [0.2, 0.25) is 0 Å². The lowest BCUT2D eigenvalue weighted by molar-refractivity contribution is 0.199.